The first-order valence-corrected chi connectivity index (χ1v) is 6.52. The summed E-state index contributed by atoms with van der Waals surface area (Å²) >= 11 is 0. The van der Waals surface area contributed by atoms with E-state index in [0.29, 0.717) is 0 Å². The van der Waals surface area contributed by atoms with Crippen LogP contribution in [0.25, 0.3) is 0 Å². The molecule has 0 bridgehead atoms. The van der Waals surface area contributed by atoms with Gasteiger partial charge in [-0.25, -0.2) is 4.98 Å². The molecule has 0 aliphatic heterocycles. The largest absolute Gasteiger partial charge is 0.389 e. The molecule has 0 aromatic carbocycles. The van der Waals surface area contributed by atoms with Crippen LogP contribution in [0.15, 0.2) is 18.3 Å². The van der Waals surface area contributed by atoms with Crippen molar-refractivity contribution in [3.63, 3.8) is 0 Å². The monoisotopic (exact) mass is 234 g/mol. The fourth-order valence-corrected chi connectivity index (χ4v) is 2.58. The van der Waals surface area contributed by atoms with Crippen LogP contribution in [-0.4, -0.2) is 23.7 Å². The van der Waals surface area contributed by atoms with E-state index in [-0.39, 0.29) is 0 Å². The van der Waals surface area contributed by atoms with Gasteiger partial charge in [0.15, 0.2) is 0 Å². The molecule has 3 heteroatoms. The Bertz CT molecular complexity index is 359. The van der Waals surface area contributed by atoms with E-state index in [0.717, 1.165) is 23.8 Å². The number of aromatic nitrogens is 1. The van der Waals surface area contributed by atoms with E-state index in [9.17, 15) is 5.11 Å². The summed E-state index contributed by atoms with van der Waals surface area (Å²) in [5, 5.41) is 9.57. The maximum absolute atomic E-state index is 9.57. The zero-order valence-corrected chi connectivity index (χ0v) is 10.8. The second kappa shape index (κ2) is 5.50. The molecule has 1 fully saturated rings. The molecular weight excluding hydrogens is 212 g/mol. The Hall–Kier alpha value is -1.09. The van der Waals surface area contributed by atoms with Gasteiger partial charge in [0.25, 0.3) is 0 Å². The maximum Gasteiger partial charge on any atom is 0.128 e. The predicted molar refractivity (Wildman–Crippen MR) is 70.1 cm³/mol. The predicted octanol–water partition coefficient (Wildman–Crippen LogP) is 2.76. The van der Waals surface area contributed by atoms with Gasteiger partial charge in [-0.2, -0.15) is 0 Å². The minimum atomic E-state index is -0.420. The highest BCUT2D eigenvalue weighted by Crippen LogP contribution is 2.26. The first kappa shape index (κ1) is 12.4. The summed E-state index contributed by atoms with van der Waals surface area (Å²) in [5.74, 6) is 1.78. The number of hydrogen-bond acceptors (Lipinski definition) is 3. The van der Waals surface area contributed by atoms with Crippen molar-refractivity contribution in [2.24, 2.45) is 5.92 Å². The van der Waals surface area contributed by atoms with Gasteiger partial charge in [-0.15, -0.1) is 0 Å². The number of anilines is 1. The van der Waals surface area contributed by atoms with E-state index in [1.54, 1.807) is 13.1 Å². The number of pyridine rings is 1. The third-order valence-corrected chi connectivity index (χ3v) is 3.65. The van der Waals surface area contributed by atoms with Crippen molar-refractivity contribution in [2.45, 2.75) is 38.7 Å². The molecule has 0 spiro atoms. The molecule has 1 aromatic heterocycles. The van der Waals surface area contributed by atoms with E-state index in [2.05, 4.69) is 16.9 Å². The van der Waals surface area contributed by atoms with E-state index in [4.69, 9.17) is 0 Å². The van der Waals surface area contributed by atoms with E-state index < -0.39 is 6.10 Å². The fourth-order valence-electron chi connectivity index (χ4n) is 2.58. The molecule has 0 saturated heterocycles. The van der Waals surface area contributed by atoms with Gasteiger partial charge < -0.3 is 10.0 Å². The summed E-state index contributed by atoms with van der Waals surface area (Å²) in [5.41, 5.74) is 0.938. The summed E-state index contributed by atoms with van der Waals surface area (Å²) in [7, 11) is 2.09. The van der Waals surface area contributed by atoms with Crippen LogP contribution in [0, 0.1) is 5.92 Å². The van der Waals surface area contributed by atoms with Gasteiger partial charge in [-0.1, -0.05) is 12.8 Å². The molecule has 3 nitrogen and oxygen atoms in total. The van der Waals surface area contributed by atoms with Gasteiger partial charge in [-0.05, 0) is 43.4 Å². The number of hydrogen-bond donors (Lipinski definition) is 1. The first-order chi connectivity index (χ1) is 8.16. The SMILES string of the molecule is C[C@H](O)c1ccnc(N(C)CC2CCCC2)c1. The summed E-state index contributed by atoms with van der Waals surface area (Å²) in [4.78, 5) is 6.59. The topological polar surface area (TPSA) is 36.4 Å². The van der Waals surface area contributed by atoms with Crippen LogP contribution in [0.1, 0.15) is 44.3 Å². The second-order valence-corrected chi connectivity index (χ2v) is 5.15. The van der Waals surface area contributed by atoms with Crippen LogP contribution in [0.3, 0.4) is 0 Å². The summed E-state index contributed by atoms with van der Waals surface area (Å²) in [6, 6.07) is 3.86. The Morgan fingerprint density at radius 1 is 1.47 bits per heavy atom. The summed E-state index contributed by atoms with van der Waals surface area (Å²) in [6.07, 6.45) is 6.81. The fraction of sp³-hybridized carbons (Fsp3) is 0.643. The molecule has 2 rings (SSSR count). The zero-order chi connectivity index (χ0) is 12.3. The Labute approximate surface area is 103 Å². The minimum absolute atomic E-state index is 0.420. The molecule has 1 saturated carbocycles. The van der Waals surface area contributed by atoms with Gasteiger partial charge in [0.1, 0.15) is 5.82 Å². The zero-order valence-electron chi connectivity index (χ0n) is 10.8. The van der Waals surface area contributed by atoms with Crippen molar-refractivity contribution in [2.75, 3.05) is 18.5 Å². The molecule has 1 heterocycles. The average molecular weight is 234 g/mol. The highest BCUT2D eigenvalue weighted by atomic mass is 16.3. The lowest BCUT2D eigenvalue weighted by molar-refractivity contribution is 0.199. The lowest BCUT2D eigenvalue weighted by Crippen LogP contribution is -2.24. The molecule has 94 valence electrons. The number of nitrogens with zero attached hydrogens (tertiary/aromatic N) is 2. The van der Waals surface area contributed by atoms with Crippen LogP contribution in [0.4, 0.5) is 5.82 Å². The highest BCUT2D eigenvalue weighted by Gasteiger charge is 2.17. The standard InChI is InChI=1S/C14H22N2O/c1-11(17)13-7-8-15-14(9-13)16(2)10-12-5-3-4-6-12/h7-9,11-12,17H,3-6,10H2,1-2H3/t11-/m0/s1. The highest BCUT2D eigenvalue weighted by molar-refractivity contribution is 5.40. The van der Waals surface area contributed by atoms with E-state index in [1.165, 1.54) is 25.7 Å². The second-order valence-electron chi connectivity index (χ2n) is 5.15. The molecule has 0 unspecified atom stereocenters. The Balaban J connectivity index is 2.02. The van der Waals surface area contributed by atoms with E-state index in [1.807, 2.05) is 12.1 Å². The van der Waals surface area contributed by atoms with E-state index >= 15 is 0 Å². The van der Waals surface area contributed by atoms with Crippen molar-refractivity contribution in [1.82, 2.24) is 4.98 Å². The smallest absolute Gasteiger partial charge is 0.128 e. The van der Waals surface area contributed by atoms with Crippen molar-refractivity contribution >= 4 is 5.82 Å². The third kappa shape index (κ3) is 3.19. The quantitative estimate of drug-likeness (QED) is 0.870. The molecule has 1 atom stereocenters. The minimum Gasteiger partial charge on any atom is -0.389 e. The molecule has 1 aliphatic carbocycles. The van der Waals surface area contributed by atoms with Crippen molar-refractivity contribution in [1.29, 1.82) is 0 Å². The molecule has 1 aliphatic rings. The van der Waals surface area contributed by atoms with Crippen molar-refractivity contribution in [3.05, 3.63) is 23.9 Å². The van der Waals surface area contributed by atoms with Gasteiger partial charge >= 0.3 is 0 Å². The molecule has 17 heavy (non-hydrogen) atoms. The normalized spacial score (nSPS) is 18.3. The summed E-state index contributed by atoms with van der Waals surface area (Å²) in [6.45, 7) is 2.87. The Kier molecular flexibility index (Phi) is 4.00. The van der Waals surface area contributed by atoms with Crippen LogP contribution >= 0.6 is 0 Å². The number of aliphatic hydroxyl groups excluding tert-OH is 1. The van der Waals surface area contributed by atoms with Crippen LogP contribution in [0.2, 0.25) is 0 Å². The first-order valence-electron chi connectivity index (χ1n) is 6.52. The summed E-state index contributed by atoms with van der Waals surface area (Å²) < 4.78 is 0. The van der Waals surface area contributed by atoms with Gasteiger partial charge in [0, 0.05) is 19.8 Å². The number of rotatable bonds is 4. The lowest BCUT2D eigenvalue weighted by Gasteiger charge is -2.22. The average Bonchev–Trinajstić information content (AvgIpc) is 2.82. The van der Waals surface area contributed by atoms with Crippen LogP contribution in [-0.2, 0) is 0 Å². The Morgan fingerprint density at radius 3 is 2.82 bits per heavy atom. The van der Waals surface area contributed by atoms with Crippen molar-refractivity contribution in [3.8, 4) is 0 Å². The molecule has 1 aromatic rings. The molecule has 0 radical (unpaired) electrons. The lowest BCUT2D eigenvalue weighted by atomic mass is 10.1. The number of aliphatic hydroxyl groups is 1. The van der Waals surface area contributed by atoms with Crippen LogP contribution < -0.4 is 4.90 Å². The van der Waals surface area contributed by atoms with Gasteiger partial charge in [0.2, 0.25) is 0 Å². The third-order valence-electron chi connectivity index (χ3n) is 3.65. The molecular formula is C14H22N2O. The molecule has 1 N–H and O–H groups in total. The van der Waals surface area contributed by atoms with Crippen molar-refractivity contribution < 1.29 is 5.11 Å². The van der Waals surface area contributed by atoms with Gasteiger partial charge in [0.05, 0.1) is 6.10 Å². The van der Waals surface area contributed by atoms with Crippen LogP contribution in [0.5, 0.6) is 0 Å². The molecule has 0 amide bonds. The van der Waals surface area contributed by atoms with Gasteiger partial charge in [-0.3, -0.25) is 0 Å². The maximum atomic E-state index is 9.57. The Morgan fingerprint density at radius 2 is 2.18 bits per heavy atom.